The van der Waals surface area contributed by atoms with Crippen LogP contribution in [0.4, 0.5) is 11.4 Å². The van der Waals surface area contributed by atoms with Crippen LogP contribution < -0.4 is 9.80 Å². The lowest BCUT2D eigenvalue weighted by molar-refractivity contribution is 0.409. The van der Waals surface area contributed by atoms with Crippen molar-refractivity contribution in [1.29, 1.82) is 0 Å². The largest absolute Gasteiger partial charge is 0.374 e. The Morgan fingerprint density at radius 2 is 1.64 bits per heavy atom. The molecule has 0 unspecified atom stereocenters. The monoisotopic (exact) mass is 314 g/mol. The first-order chi connectivity index (χ1) is 10.7. The van der Waals surface area contributed by atoms with Gasteiger partial charge in [-0.2, -0.15) is 0 Å². The van der Waals surface area contributed by atoms with Gasteiger partial charge in [-0.05, 0) is 55.2 Å². The molecule has 1 saturated heterocycles. The first-order valence-electron chi connectivity index (χ1n) is 7.99. The van der Waals surface area contributed by atoms with E-state index in [1.807, 2.05) is 12.1 Å². The summed E-state index contributed by atoms with van der Waals surface area (Å²) in [5.41, 5.74) is 2.60. The molecule has 2 nitrogen and oxygen atoms in total. The number of benzene rings is 2. The maximum atomic E-state index is 5.97. The predicted molar refractivity (Wildman–Crippen MR) is 96.1 cm³/mol. The minimum absolute atomic E-state index is 0.772. The van der Waals surface area contributed by atoms with Crippen molar-refractivity contribution >= 4 is 23.0 Å². The summed E-state index contributed by atoms with van der Waals surface area (Å²) in [6.07, 6.45) is 2.50. The summed E-state index contributed by atoms with van der Waals surface area (Å²) in [7, 11) is 2.20. The van der Waals surface area contributed by atoms with Gasteiger partial charge in [0.25, 0.3) is 0 Å². The Bertz CT molecular complexity index is 574. The summed E-state index contributed by atoms with van der Waals surface area (Å²) in [6.45, 7) is 3.41. The van der Waals surface area contributed by atoms with E-state index in [0.29, 0.717) is 0 Å². The summed E-state index contributed by atoms with van der Waals surface area (Å²) in [5, 5.41) is 0.808. The predicted octanol–water partition coefficient (Wildman–Crippen LogP) is 4.69. The Hall–Kier alpha value is -1.67. The highest BCUT2D eigenvalue weighted by Crippen LogP contribution is 2.26. The van der Waals surface area contributed by atoms with Gasteiger partial charge < -0.3 is 9.80 Å². The zero-order valence-electron chi connectivity index (χ0n) is 13.1. The highest BCUT2D eigenvalue weighted by atomic mass is 35.5. The molecule has 0 bridgehead atoms. The van der Waals surface area contributed by atoms with Gasteiger partial charge in [0.15, 0.2) is 0 Å². The number of hydrogen-bond acceptors (Lipinski definition) is 2. The van der Waals surface area contributed by atoms with Crippen molar-refractivity contribution < 1.29 is 0 Å². The van der Waals surface area contributed by atoms with Crippen LogP contribution in [0.15, 0.2) is 54.6 Å². The molecule has 0 spiro atoms. The van der Waals surface area contributed by atoms with Gasteiger partial charge in [-0.1, -0.05) is 29.8 Å². The van der Waals surface area contributed by atoms with E-state index in [4.69, 9.17) is 11.6 Å². The quantitative estimate of drug-likeness (QED) is 0.807. The van der Waals surface area contributed by atoms with E-state index >= 15 is 0 Å². The molecule has 2 aromatic rings. The van der Waals surface area contributed by atoms with Crippen LogP contribution in [0.1, 0.15) is 12.8 Å². The van der Waals surface area contributed by atoms with Gasteiger partial charge in [0, 0.05) is 43.1 Å². The number of nitrogens with zero attached hydrogens (tertiary/aromatic N) is 2. The van der Waals surface area contributed by atoms with Crippen molar-refractivity contribution in [2.24, 2.45) is 5.92 Å². The molecule has 116 valence electrons. The Morgan fingerprint density at radius 3 is 2.27 bits per heavy atom. The Labute approximate surface area is 138 Å². The highest BCUT2D eigenvalue weighted by Gasteiger charge is 2.20. The van der Waals surface area contributed by atoms with E-state index in [0.717, 1.165) is 30.6 Å². The molecule has 3 heteroatoms. The van der Waals surface area contributed by atoms with Crippen LogP contribution in [0.2, 0.25) is 5.02 Å². The second kappa shape index (κ2) is 7.06. The van der Waals surface area contributed by atoms with Crippen molar-refractivity contribution in [2.75, 3.05) is 36.5 Å². The normalized spacial score (nSPS) is 15.8. The number of anilines is 2. The van der Waals surface area contributed by atoms with Crippen LogP contribution in [0, 0.1) is 5.92 Å². The fraction of sp³-hybridized carbons (Fsp3) is 0.368. The third kappa shape index (κ3) is 3.75. The zero-order valence-corrected chi connectivity index (χ0v) is 13.8. The molecule has 0 N–H and O–H groups in total. The van der Waals surface area contributed by atoms with Crippen molar-refractivity contribution in [3.63, 3.8) is 0 Å². The highest BCUT2D eigenvalue weighted by molar-refractivity contribution is 6.30. The van der Waals surface area contributed by atoms with Gasteiger partial charge in [-0.3, -0.25) is 0 Å². The molecule has 0 amide bonds. The topological polar surface area (TPSA) is 6.48 Å². The summed E-state index contributed by atoms with van der Waals surface area (Å²) >= 11 is 5.97. The Morgan fingerprint density at radius 1 is 1.00 bits per heavy atom. The first-order valence-corrected chi connectivity index (χ1v) is 8.37. The van der Waals surface area contributed by atoms with Crippen molar-refractivity contribution in [3.05, 3.63) is 59.6 Å². The second-order valence-electron chi connectivity index (χ2n) is 6.12. The van der Waals surface area contributed by atoms with E-state index in [1.165, 1.54) is 24.2 Å². The maximum Gasteiger partial charge on any atom is 0.0407 e. The fourth-order valence-electron chi connectivity index (χ4n) is 3.20. The number of halogens is 1. The average molecular weight is 315 g/mol. The molecule has 1 aliphatic rings. The van der Waals surface area contributed by atoms with E-state index in [1.54, 1.807) is 0 Å². The van der Waals surface area contributed by atoms with E-state index in [2.05, 4.69) is 59.3 Å². The van der Waals surface area contributed by atoms with Gasteiger partial charge in [0.2, 0.25) is 0 Å². The Kier molecular flexibility index (Phi) is 4.89. The smallest absolute Gasteiger partial charge is 0.0407 e. The zero-order chi connectivity index (χ0) is 15.4. The molecule has 0 saturated carbocycles. The van der Waals surface area contributed by atoms with E-state index < -0.39 is 0 Å². The third-order valence-corrected chi connectivity index (χ3v) is 4.79. The Balaban J connectivity index is 1.52. The maximum absolute atomic E-state index is 5.97. The van der Waals surface area contributed by atoms with Crippen molar-refractivity contribution in [3.8, 4) is 0 Å². The standard InChI is InChI=1S/C19H23ClN2/c1-21(18-5-3-2-4-6-18)15-16-11-13-22(14-12-16)19-9-7-17(20)8-10-19/h2-10,16H,11-15H2,1H3. The summed E-state index contributed by atoms with van der Waals surface area (Å²) in [4.78, 5) is 4.85. The molecule has 0 atom stereocenters. The number of rotatable bonds is 4. The molecular formula is C19H23ClN2. The lowest BCUT2D eigenvalue weighted by Gasteiger charge is -2.35. The van der Waals surface area contributed by atoms with Crippen LogP contribution in [0.3, 0.4) is 0 Å². The van der Waals surface area contributed by atoms with Crippen LogP contribution >= 0.6 is 11.6 Å². The van der Waals surface area contributed by atoms with Crippen LogP contribution in [-0.4, -0.2) is 26.7 Å². The summed E-state index contributed by atoms with van der Waals surface area (Å²) < 4.78 is 0. The van der Waals surface area contributed by atoms with Gasteiger partial charge in [0.05, 0.1) is 0 Å². The molecule has 1 heterocycles. The lowest BCUT2D eigenvalue weighted by atomic mass is 9.95. The van der Waals surface area contributed by atoms with E-state index in [9.17, 15) is 0 Å². The molecule has 3 rings (SSSR count). The minimum Gasteiger partial charge on any atom is -0.374 e. The van der Waals surface area contributed by atoms with Crippen LogP contribution in [0.25, 0.3) is 0 Å². The molecule has 2 aromatic carbocycles. The van der Waals surface area contributed by atoms with Gasteiger partial charge in [-0.15, -0.1) is 0 Å². The number of piperidine rings is 1. The molecule has 22 heavy (non-hydrogen) atoms. The third-order valence-electron chi connectivity index (χ3n) is 4.54. The molecule has 0 aliphatic carbocycles. The molecule has 0 radical (unpaired) electrons. The fourth-order valence-corrected chi connectivity index (χ4v) is 3.33. The molecule has 1 fully saturated rings. The summed E-state index contributed by atoms with van der Waals surface area (Å²) in [5.74, 6) is 0.772. The lowest BCUT2D eigenvalue weighted by Crippen LogP contribution is -2.37. The SMILES string of the molecule is CN(CC1CCN(c2ccc(Cl)cc2)CC1)c1ccccc1. The first kappa shape index (κ1) is 15.2. The van der Waals surface area contributed by atoms with Crippen LogP contribution in [-0.2, 0) is 0 Å². The second-order valence-corrected chi connectivity index (χ2v) is 6.56. The van der Waals surface area contributed by atoms with Crippen LogP contribution in [0.5, 0.6) is 0 Å². The minimum atomic E-state index is 0.772. The van der Waals surface area contributed by atoms with Gasteiger partial charge in [-0.25, -0.2) is 0 Å². The number of para-hydroxylation sites is 1. The molecule has 1 aliphatic heterocycles. The molecular weight excluding hydrogens is 292 g/mol. The van der Waals surface area contributed by atoms with Gasteiger partial charge >= 0.3 is 0 Å². The van der Waals surface area contributed by atoms with E-state index in [-0.39, 0.29) is 0 Å². The average Bonchev–Trinajstić information content (AvgIpc) is 2.57. The number of hydrogen-bond donors (Lipinski definition) is 0. The van der Waals surface area contributed by atoms with Gasteiger partial charge in [0.1, 0.15) is 0 Å². The summed E-state index contributed by atoms with van der Waals surface area (Å²) in [6, 6.07) is 18.9. The molecule has 0 aromatic heterocycles. The van der Waals surface area contributed by atoms with Crippen molar-refractivity contribution in [2.45, 2.75) is 12.8 Å². The van der Waals surface area contributed by atoms with Crippen molar-refractivity contribution in [1.82, 2.24) is 0 Å².